The number of carbonyl (C=O) groups excluding carboxylic acids is 3. The van der Waals surface area contributed by atoms with Gasteiger partial charge in [0.2, 0.25) is 0 Å². The molecule has 0 unspecified atom stereocenters. The van der Waals surface area contributed by atoms with Crippen LogP contribution in [-0.4, -0.2) is 63.5 Å². The van der Waals surface area contributed by atoms with Crippen molar-refractivity contribution in [2.24, 2.45) is 5.10 Å². The molecule has 1 aliphatic heterocycles. The van der Waals surface area contributed by atoms with Gasteiger partial charge in [0.05, 0.1) is 26.0 Å². The van der Waals surface area contributed by atoms with Gasteiger partial charge in [-0.25, -0.2) is 5.43 Å². The molecule has 0 aromatic heterocycles. The van der Waals surface area contributed by atoms with E-state index in [0.29, 0.717) is 41.7 Å². The van der Waals surface area contributed by atoms with Gasteiger partial charge < -0.3 is 29.6 Å². The Balaban J connectivity index is 1.51. The van der Waals surface area contributed by atoms with Crippen molar-refractivity contribution in [3.05, 3.63) is 48.0 Å². The normalized spacial score (nSPS) is 14.8. The summed E-state index contributed by atoms with van der Waals surface area (Å²) in [6.07, 6.45) is 3.11. The smallest absolute Gasteiger partial charge is 0.329 e. The Bertz CT molecular complexity index is 1080. The number of hydrogen-bond acceptors (Lipinski definition) is 8. The van der Waals surface area contributed by atoms with Crippen molar-refractivity contribution in [1.82, 2.24) is 10.7 Å². The van der Waals surface area contributed by atoms with Crippen LogP contribution in [0.25, 0.3) is 0 Å². The summed E-state index contributed by atoms with van der Waals surface area (Å²) in [4.78, 5) is 36.1. The quantitative estimate of drug-likeness (QED) is 0.244. The van der Waals surface area contributed by atoms with Crippen LogP contribution in [-0.2, 0) is 19.1 Å². The maximum Gasteiger partial charge on any atom is 0.329 e. The average molecular weight is 499 g/mol. The highest BCUT2D eigenvalue weighted by Gasteiger charge is 2.19. The lowest BCUT2D eigenvalue weighted by molar-refractivity contribution is -0.139. The molecule has 1 aliphatic rings. The van der Waals surface area contributed by atoms with E-state index < -0.39 is 11.8 Å². The van der Waals surface area contributed by atoms with Crippen molar-refractivity contribution in [3.8, 4) is 17.2 Å². The molecule has 2 aromatic carbocycles. The van der Waals surface area contributed by atoms with Crippen LogP contribution in [0.4, 0.5) is 5.69 Å². The van der Waals surface area contributed by atoms with Crippen LogP contribution >= 0.6 is 0 Å². The Labute approximate surface area is 209 Å². The van der Waals surface area contributed by atoms with Gasteiger partial charge >= 0.3 is 11.8 Å². The van der Waals surface area contributed by atoms with Gasteiger partial charge in [0.15, 0.2) is 18.1 Å². The van der Waals surface area contributed by atoms with E-state index in [9.17, 15) is 14.4 Å². The van der Waals surface area contributed by atoms with E-state index in [1.54, 1.807) is 49.6 Å². The standard InChI is InChI=1S/C25H30N4O7/c1-3-34-22-12-17(14-27-29-25(32)24(31)26-15-20-8-5-11-35-20)9-10-21(22)36-16-23(30)28-18-6-4-7-19(13-18)33-2/h4,6-7,9-10,12-14,20H,3,5,8,11,15-16H2,1-2H3,(H,26,31)(H,28,30)(H,29,32)/b27-14-/t20-/m0/s1. The Morgan fingerprint density at radius 3 is 2.72 bits per heavy atom. The van der Waals surface area contributed by atoms with Crippen LogP contribution in [0, 0.1) is 0 Å². The largest absolute Gasteiger partial charge is 0.497 e. The van der Waals surface area contributed by atoms with Crippen molar-refractivity contribution < 1.29 is 33.3 Å². The van der Waals surface area contributed by atoms with Gasteiger partial charge in [-0.3, -0.25) is 14.4 Å². The second-order valence-electron chi connectivity index (χ2n) is 7.75. The van der Waals surface area contributed by atoms with Crippen LogP contribution in [0.2, 0.25) is 0 Å². The van der Waals surface area contributed by atoms with Crippen LogP contribution in [0.1, 0.15) is 25.3 Å². The van der Waals surface area contributed by atoms with Gasteiger partial charge in [0, 0.05) is 24.9 Å². The predicted octanol–water partition coefficient (Wildman–Crippen LogP) is 1.86. The van der Waals surface area contributed by atoms with Gasteiger partial charge in [0.25, 0.3) is 5.91 Å². The molecule has 2 aromatic rings. The Morgan fingerprint density at radius 1 is 1.11 bits per heavy atom. The number of hydrazone groups is 1. The summed E-state index contributed by atoms with van der Waals surface area (Å²) in [7, 11) is 1.55. The molecule has 1 heterocycles. The fourth-order valence-corrected chi connectivity index (χ4v) is 3.34. The molecule has 0 aliphatic carbocycles. The Kier molecular flexibility index (Phi) is 10.1. The van der Waals surface area contributed by atoms with E-state index in [2.05, 4.69) is 21.2 Å². The molecular weight excluding hydrogens is 468 g/mol. The number of carbonyl (C=O) groups is 3. The number of amides is 3. The fraction of sp³-hybridized carbons (Fsp3) is 0.360. The summed E-state index contributed by atoms with van der Waals surface area (Å²) in [5.41, 5.74) is 3.36. The third kappa shape index (κ3) is 8.27. The molecule has 1 atom stereocenters. The van der Waals surface area contributed by atoms with E-state index in [0.717, 1.165) is 12.8 Å². The average Bonchev–Trinajstić information content (AvgIpc) is 3.41. The summed E-state index contributed by atoms with van der Waals surface area (Å²) < 4.78 is 21.8. The van der Waals surface area contributed by atoms with Crippen molar-refractivity contribution >= 4 is 29.6 Å². The third-order valence-corrected chi connectivity index (χ3v) is 5.08. The molecule has 36 heavy (non-hydrogen) atoms. The first-order chi connectivity index (χ1) is 17.5. The number of methoxy groups -OCH3 is 1. The molecule has 11 nitrogen and oxygen atoms in total. The summed E-state index contributed by atoms with van der Waals surface area (Å²) in [6.45, 7) is 2.90. The molecule has 1 fully saturated rings. The molecule has 3 rings (SSSR count). The highest BCUT2D eigenvalue weighted by atomic mass is 16.5. The number of anilines is 1. The lowest BCUT2D eigenvalue weighted by atomic mass is 10.2. The predicted molar refractivity (Wildman–Crippen MR) is 132 cm³/mol. The zero-order valence-corrected chi connectivity index (χ0v) is 20.2. The van der Waals surface area contributed by atoms with E-state index >= 15 is 0 Å². The first kappa shape index (κ1) is 26.5. The monoisotopic (exact) mass is 498 g/mol. The van der Waals surface area contributed by atoms with Crippen molar-refractivity contribution in [1.29, 1.82) is 0 Å². The van der Waals surface area contributed by atoms with Crippen molar-refractivity contribution in [2.75, 3.05) is 38.8 Å². The highest BCUT2D eigenvalue weighted by molar-refractivity contribution is 6.35. The zero-order chi connectivity index (χ0) is 25.8. The third-order valence-electron chi connectivity index (χ3n) is 5.08. The molecule has 0 radical (unpaired) electrons. The zero-order valence-electron chi connectivity index (χ0n) is 20.2. The van der Waals surface area contributed by atoms with Crippen LogP contribution in [0.15, 0.2) is 47.6 Å². The lowest BCUT2D eigenvalue weighted by Crippen LogP contribution is -2.41. The first-order valence-electron chi connectivity index (χ1n) is 11.5. The van der Waals surface area contributed by atoms with Gasteiger partial charge in [0.1, 0.15) is 5.75 Å². The summed E-state index contributed by atoms with van der Waals surface area (Å²) >= 11 is 0. The Hall–Kier alpha value is -4.12. The topological polar surface area (TPSA) is 137 Å². The van der Waals surface area contributed by atoms with E-state index in [4.69, 9.17) is 18.9 Å². The van der Waals surface area contributed by atoms with Crippen LogP contribution in [0.3, 0.4) is 0 Å². The first-order valence-corrected chi connectivity index (χ1v) is 11.5. The molecule has 192 valence electrons. The summed E-state index contributed by atoms with van der Waals surface area (Å²) in [5.74, 6) is -0.620. The highest BCUT2D eigenvalue weighted by Crippen LogP contribution is 2.28. The number of nitrogens with zero attached hydrogens (tertiary/aromatic N) is 1. The summed E-state index contributed by atoms with van der Waals surface area (Å²) in [6, 6.07) is 11.9. The number of nitrogens with one attached hydrogen (secondary N) is 3. The van der Waals surface area contributed by atoms with E-state index in [-0.39, 0.29) is 25.2 Å². The maximum absolute atomic E-state index is 12.3. The summed E-state index contributed by atoms with van der Waals surface area (Å²) in [5, 5.41) is 9.08. The molecular formula is C25H30N4O7. The maximum atomic E-state index is 12.3. The lowest BCUT2D eigenvalue weighted by Gasteiger charge is -2.13. The second-order valence-corrected chi connectivity index (χ2v) is 7.75. The fourth-order valence-electron chi connectivity index (χ4n) is 3.34. The minimum absolute atomic E-state index is 0.0594. The number of hydrogen-bond donors (Lipinski definition) is 3. The van der Waals surface area contributed by atoms with Gasteiger partial charge in [-0.2, -0.15) is 5.10 Å². The molecule has 11 heteroatoms. The second kappa shape index (κ2) is 13.7. The van der Waals surface area contributed by atoms with E-state index in [1.807, 2.05) is 6.92 Å². The molecule has 0 bridgehead atoms. The number of rotatable bonds is 11. The molecule has 0 saturated carbocycles. The Morgan fingerprint density at radius 2 is 1.97 bits per heavy atom. The van der Waals surface area contributed by atoms with Crippen LogP contribution < -0.4 is 30.3 Å². The number of benzene rings is 2. The molecule has 0 spiro atoms. The number of ether oxygens (including phenoxy) is 4. The van der Waals surface area contributed by atoms with E-state index in [1.165, 1.54) is 6.21 Å². The van der Waals surface area contributed by atoms with Gasteiger partial charge in [-0.15, -0.1) is 0 Å². The SMILES string of the molecule is CCOc1cc(/C=N\NC(=O)C(=O)NC[C@@H]2CCCO2)ccc1OCC(=O)Nc1cccc(OC)c1. The molecule has 1 saturated heterocycles. The molecule has 3 N–H and O–H groups in total. The van der Waals surface area contributed by atoms with Gasteiger partial charge in [-0.05, 0) is 55.7 Å². The minimum Gasteiger partial charge on any atom is -0.497 e. The van der Waals surface area contributed by atoms with Crippen molar-refractivity contribution in [3.63, 3.8) is 0 Å². The minimum atomic E-state index is -0.878. The van der Waals surface area contributed by atoms with Crippen molar-refractivity contribution in [2.45, 2.75) is 25.9 Å². The van der Waals surface area contributed by atoms with Crippen LogP contribution in [0.5, 0.6) is 17.2 Å². The molecule has 3 amide bonds. The van der Waals surface area contributed by atoms with Gasteiger partial charge in [-0.1, -0.05) is 6.07 Å².